The van der Waals surface area contributed by atoms with Gasteiger partial charge in [0.1, 0.15) is 5.41 Å². The highest BCUT2D eigenvalue weighted by Crippen LogP contribution is 2.26. The number of carbonyl (C=O) groups excluding carboxylic acids is 1. The lowest BCUT2D eigenvalue weighted by Crippen LogP contribution is -2.46. The topological polar surface area (TPSA) is 62.1 Å². The van der Waals surface area contributed by atoms with Gasteiger partial charge in [0.15, 0.2) is 5.78 Å². The molecule has 0 radical (unpaired) electrons. The van der Waals surface area contributed by atoms with Crippen molar-refractivity contribution in [2.45, 2.75) is 6.92 Å². The van der Waals surface area contributed by atoms with Gasteiger partial charge in [-0.3, -0.25) is 4.79 Å². The lowest BCUT2D eigenvalue weighted by Gasteiger charge is -2.35. The number of hydrogen-bond acceptors (Lipinski definition) is 4. The zero-order chi connectivity index (χ0) is 12.3. The smallest absolute Gasteiger partial charge is 0.159 e. The van der Waals surface area contributed by atoms with Crippen LogP contribution in [0.3, 0.4) is 0 Å². The first-order valence-corrected chi connectivity index (χ1v) is 5.49. The minimum Gasteiger partial charge on any atom is -0.383 e. The third-order valence-corrected chi connectivity index (χ3v) is 2.89. The Morgan fingerprint density at radius 1 is 1.59 bits per heavy atom. The predicted molar refractivity (Wildman–Crippen MR) is 63.8 cm³/mol. The van der Waals surface area contributed by atoms with Gasteiger partial charge < -0.3 is 10.1 Å². The lowest BCUT2D eigenvalue weighted by atomic mass is 9.88. The van der Waals surface area contributed by atoms with Gasteiger partial charge in [-0.05, 0) is 19.1 Å². The number of nitrogens with one attached hydrogen (secondary N) is 1. The zero-order valence-corrected chi connectivity index (χ0v) is 9.69. The highest BCUT2D eigenvalue weighted by molar-refractivity contribution is 5.94. The minimum absolute atomic E-state index is 0.0376. The van der Waals surface area contributed by atoms with Crippen molar-refractivity contribution in [2.75, 3.05) is 25.1 Å². The van der Waals surface area contributed by atoms with Crippen LogP contribution in [0.4, 0.5) is 5.69 Å². The average molecular weight is 230 g/mol. The number of Topliss-reactive ketones (excluding diaryl/α,β-unsaturated/α-hetero) is 1. The first-order valence-electron chi connectivity index (χ1n) is 5.49. The maximum absolute atomic E-state index is 11.2. The van der Waals surface area contributed by atoms with Gasteiger partial charge >= 0.3 is 0 Å². The van der Waals surface area contributed by atoms with E-state index < -0.39 is 5.41 Å². The second-order valence-corrected chi connectivity index (χ2v) is 4.38. The summed E-state index contributed by atoms with van der Waals surface area (Å²) in [6.07, 6.45) is 0. The largest absolute Gasteiger partial charge is 0.383 e. The standard InChI is InChI=1S/C13H14N2O2/c1-10(16)11-3-2-4-12(5-11)15-7-13(6-14)8-17-9-13/h2-5,15H,7-9H2,1H3. The average Bonchev–Trinajstić information content (AvgIpc) is 2.28. The Hall–Kier alpha value is -1.86. The van der Waals surface area contributed by atoms with E-state index in [2.05, 4.69) is 11.4 Å². The molecule has 0 saturated carbocycles. The molecule has 0 amide bonds. The van der Waals surface area contributed by atoms with E-state index in [1.807, 2.05) is 12.1 Å². The molecule has 88 valence electrons. The van der Waals surface area contributed by atoms with E-state index in [9.17, 15) is 4.79 Å². The van der Waals surface area contributed by atoms with Gasteiger partial charge in [-0.15, -0.1) is 0 Å². The molecule has 0 bridgehead atoms. The summed E-state index contributed by atoms with van der Waals surface area (Å²) in [7, 11) is 0. The van der Waals surface area contributed by atoms with Crippen LogP contribution in [0.2, 0.25) is 0 Å². The van der Waals surface area contributed by atoms with Crippen LogP contribution in [-0.2, 0) is 4.74 Å². The molecular formula is C13H14N2O2. The summed E-state index contributed by atoms with van der Waals surface area (Å²) in [5.74, 6) is 0.0376. The molecule has 1 aromatic rings. The second kappa shape index (κ2) is 4.56. The van der Waals surface area contributed by atoms with Crippen molar-refractivity contribution in [2.24, 2.45) is 5.41 Å². The molecule has 2 rings (SSSR count). The molecule has 1 saturated heterocycles. The van der Waals surface area contributed by atoms with Crippen LogP contribution in [0.25, 0.3) is 0 Å². The van der Waals surface area contributed by atoms with Crippen molar-refractivity contribution < 1.29 is 9.53 Å². The zero-order valence-electron chi connectivity index (χ0n) is 9.69. The van der Waals surface area contributed by atoms with E-state index >= 15 is 0 Å². The van der Waals surface area contributed by atoms with Crippen LogP contribution in [0.15, 0.2) is 24.3 Å². The van der Waals surface area contributed by atoms with Gasteiger partial charge in [-0.1, -0.05) is 12.1 Å². The maximum Gasteiger partial charge on any atom is 0.159 e. The number of hydrogen-bond donors (Lipinski definition) is 1. The van der Waals surface area contributed by atoms with E-state index in [0.29, 0.717) is 25.3 Å². The third kappa shape index (κ3) is 2.45. The summed E-state index contributed by atoms with van der Waals surface area (Å²) in [6.45, 7) is 3.03. The van der Waals surface area contributed by atoms with Crippen LogP contribution in [-0.4, -0.2) is 25.5 Å². The Kier molecular flexibility index (Phi) is 3.12. The van der Waals surface area contributed by atoms with Gasteiger partial charge in [0.25, 0.3) is 0 Å². The summed E-state index contributed by atoms with van der Waals surface area (Å²) in [5.41, 5.74) is 1.12. The molecule has 1 aliphatic rings. The quantitative estimate of drug-likeness (QED) is 0.802. The monoisotopic (exact) mass is 230 g/mol. The normalized spacial score (nSPS) is 16.7. The molecule has 0 aliphatic carbocycles. The highest BCUT2D eigenvalue weighted by atomic mass is 16.5. The van der Waals surface area contributed by atoms with Crippen LogP contribution < -0.4 is 5.32 Å². The summed E-state index contributed by atoms with van der Waals surface area (Å²) in [6, 6.07) is 9.56. The van der Waals surface area contributed by atoms with Crippen molar-refractivity contribution in [3.63, 3.8) is 0 Å². The fourth-order valence-corrected chi connectivity index (χ4v) is 1.67. The van der Waals surface area contributed by atoms with E-state index in [-0.39, 0.29) is 5.78 Å². The van der Waals surface area contributed by atoms with Gasteiger partial charge in [0.05, 0.1) is 19.3 Å². The molecule has 1 aliphatic heterocycles. The van der Waals surface area contributed by atoms with Gasteiger partial charge in [0, 0.05) is 17.8 Å². The number of ketones is 1. The van der Waals surface area contributed by atoms with E-state index in [4.69, 9.17) is 10.00 Å². The van der Waals surface area contributed by atoms with Crippen molar-refractivity contribution in [1.82, 2.24) is 0 Å². The SMILES string of the molecule is CC(=O)c1cccc(NCC2(C#N)COC2)c1. The first-order chi connectivity index (χ1) is 8.15. The van der Waals surface area contributed by atoms with Gasteiger partial charge in [-0.2, -0.15) is 5.26 Å². The van der Waals surface area contributed by atoms with Crippen LogP contribution >= 0.6 is 0 Å². The number of rotatable bonds is 4. The number of nitriles is 1. The van der Waals surface area contributed by atoms with E-state index in [1.165, 1.54) is 6.92 Å². The Labute approximate surface area is 100 Å². The molecule has 1 N–H and O–H groups in total. The summed E-state index contributed by atoms with van der Waals surface area (Å²) in [4.78, 5) is 11.2. The fraction of sp³-hybridized carbons (Fsp3) is 0.385. The van der Waals surface area contributed by atoms with Crippen molar-refractivity contribution in [1.29, 1.82) is 5.26 Å². The molecule has 0 spiro atoms. The molecule has 0 atom stereocenters. The molecule has 1 fully saturated rings. The number of nitrogens with zero attached hydrogens (tertiary/aromatic N) is 1. The molecule has 0 unspecified atom stereocenters. The van der Waals surface area contributed by atoms with Crippen LogP contribution in [0, 0.1) is 16.7 Å². The Balaban J connectivity index is 2.02. The fourth-order valence-electron chi connectivity index (χ4n) is 1.67. The van der Waals surface area contributed by atoms with Crippen molar-refractivity contribution in [3.05, 3.63) is 29.8 Å². The van der Waals surface area contributed by atoms with Crippen molar-refractivity contribution in [3.8, 4) is 6.07 Å². The first kappa shape index (κ1) is 11.6. The van der Waals surface area contributed by atoms with Gasteiger partial charge in [0.2, 0.25) is 0 Å². The summed E-state index contributed by atoms with van der Waals surface area (Å²) >= 11 is 0. The molecule has 1 aromatic carbocycles. The summed E-state index contributed by atoms with van der Waals surface area (Å²) in [5, 5.41) is 12.2. The number of benzene rings is 1. The van der Waals surface area contributed by atoms with Gasteiger partial charge in [-0.25, -0.2) is 0 Å². The van der Waals surface area contributed by atoms with Crippen LogP contribution in [0.5, 0.6) is 0 Å². The number of carbonyl (C=O) groups is 1. The molecule has 4 nitrogen and oxygen atoms in total. The lowest BCUT2D eigenvalue weighted by molar-refractivity contribution is -0.0690. The summed E-state index contributed by atoms with van der Waals surface area (Å²) < 4.78 is 5.06. The van der Waals surface area contributed by atoms with Crippen molar-refractivity contribution >= 4 is 11.5 Å². The van der Waals surface area contributed by atoms with E-state index in [1.54, 1.807) is 12.1 Å². The Bertz CT molecular complexity index is 473. The molecule has 17 heavy (non-hydrogen) atoms. The third-order valence-electron chi connectivity index (χ3n) is 2.89. The molecule has 1 heterocycles. The van der Waals surface area contributed by atoms with Crippen LogP contribution in [0.1, 0.15) is 17.3 Å². The second-order valence-electron chi connectivity index (χ2n) is 4.38. The highest BCUT2D eigenvalue weighted by Gasteiger charge is 2.38. The Morgan fingerprint density at radius 2 is 2.35 bits per heavy atom. The minimum atomic E-state index is -0.410. The molecular weight excluding hydrogens is 216 g/mol. The Morgan fingerprint density at radius 3 is 2.88 bits per heavy atom. The molecule has 0 aromatic heterocycles. The number of ether oxygens (including phenoxy) is 1. The van der Waals surface area contributed by atoms with E-state index in [0.717, 1.165) is 5.69 Å². The number of anilines is 1. The molecule has 4 heteroatoms. The predicted octanol–water partition coefficient (Wildman–Crippen LogP) is 1.84. The maximum atomic E-state index is 11.2.